The molecule has 2 N–H and O–H groups in total. The van der Waals surface area contributed by atoms with Gasteiger partial charge >= 0.3 is 0 Å². The third kappa shape index (κ3) is 2.36. The highest BCUT2D eigenvalue weighted by molar-refractivity contribution is 5.32. The van der Waals surface area contributed by atoms with Crippen molar-refractivity contribution in [2.24, 2.45) is 0 Å². The number of hydrogen-bond donors (Lipinski definition) is 1. The van der Waals surface area contributed by atoms with Crippen LogP contribution in [0.3, 0.4) is 0 Å². The summed E-state index contributed by atoms with van der Waals surface area (Å²) in [7, 11) is 0. The van der Waals surface area contributed by atoms with Crippen LogP contribution in [0.2, 0.25) is 0 Å². The summed E-state index contributed by atoms with van der Waals surface area (Å²) < 4.78 is 19.3. The van der Waals surface area contributed by atoms with Crippen LogP contribution >= 0.6 is 0 Å². The zero-order valence-corrected chi connectivity index (χ0v) is 10.3. The summed E-state index contributed by atoms with van der Waals surface area (Å²) in [6.45, 7) is 0. The fraction of sp³-hybridized carbons (Fsp3) is 0.286. The maximum atomic E-state index is 13.6. The summed E-state index contributed by atoms with van der Waals surface area (Å²) in [4.78, 5) is 7.40. The molecule has 1 aromatic carbocycles. The van der Waals surface area contributed by atoms with Crippen LogP contribution in [0.1, 0.15) is 30.1 Å². The molecule has 0 aliphatic heterocycles. The minimum Gasteiger partial charge on any atom is -0.467 e. The normalized spacial score (nSPS) is 17.8. The molecule has 1 aromatic heterocycles. The molecule has 0 spiro atoms. The van der Waals surface area contributed by atoms with E-state index in [4.69, 9.17) is 10.5 Å². The SMILES string of the molecule is Nc1ncc(F)c(OC2CCCc3ccccc32)n1. The van der Waals surface area contributed by atoms with Gasteiger partial charge in [0.15, 0.2) is 0 Å². The van der Waals surface area contributed by atoms with Gasteiger partial charge < -0.3 is 10.5 Å². The van der Waals surface area contributed by atoms with Gasteiger partial charge in [-0.05, 0) is 30.4 Å². The highest BCUT2D eigenvalue weighted by atomic mass is 19.1. The maximum absolute atomic E-state index is 13.6. The Morgan fingerprint density at radius 2 is 2.16 bits per heavy atom. The largest absolute Gasteiger partial charge is 0.467 e. The van der Waals surface area contributed by atoms with Crippen molar-refractivity contribution in [2.75, 3.05) is 5.73 Å². The third-order valence-electron chi connectivity index (χ3n) is 3.30. The van der Waals surface area contributed by atoms with E-state index in [-0.39, 0.29) is 17.9 Å². The molecule has 1 atom stereocenters. The second-order valence-electron chi connectivity index (χ2n) is 4.58. The predicted molar refractivity (Wildman–Crippen MR) is 69.2 cm³/mol. The average molecular weight is 259 g/mol. The Hall–Kier alpha value is -2.17. The summed E-state index contributed by atoms with van der Waals surface area (Å²) in [5.41, 5.74) is 7.81. The van der Waals surface area contributed by atoms with Crippen molar-refractivity contribution in [3.63, 3.8) is 0 Å². The van der Waals surface area contributed by atoms with E-state index in [9.17, 15) is 4.39 Å². The molecule has 3 rings (SSSR count). The Labute approximate surface area is 110 Å². The first kappa shape index (κ1) is 11.9. The molecule has 0 radical (unpaired) electrons. The second kappa shape index (κ2) is 4.84. The van der Waals surface area contributed by atoms with Crippen LogP contribution in [-0.2, 0) is 6.42 Å². The minimum absolute atomic E-state index is 0.0143. The van der Waals surface area contributed by atoms with Crippen molar-refractivity contribution >= 4 is 5.95 Å². The molecule has 4 nitrogen and oxygen atoms in total. The number of aromatic nitrogens is 2. The van der Waals surface area contributed by atoms with Crippen LogP contribution in [0.5, 0.6) is 5.88 Å². The Balaban J connectivity index is 1.90. The maximum Gasteiger partial charge on any atom is 0.255 e. The van der Waals surface area contributed by atoms with Crippen molar-refractivity contribution in [3.05, 3.63) is 47.4 Å². The standard InChI is InChI=1S/C14H14FN3O/c15-11-8-17-14(16)18-13(11)19-12-7-3-5-9-4-1-2-6-10(9)12/h1-2,4,6,8,12H,3,5,7H2,(H2,16,17,18). The molecule has 19 heavy (non-hydrogen) atoms. The summed E-state index contributed by atoms with van der Waals surface area (Å²) >= 11 is 0. The minimum atomic E-state index is -0.586. The van der Waals surface area contributed by atoms with Gasteiger partial charge in [0.25, 0.3) is 5.88 Å². The number of halogens is 1. The zero-order chi connectivity index (χ0) is 13.2. The van der Waals surface area contributed by atoms with Crippen LogP contribution in [0, 0.1) is 5.82 Å². The fourth-order valence-electron chi connectivity index (χ4n) is 2.41. The lowest BCUT2D eigenvalue weighted by atomic mass is 9.89. The second-order valence-corrected chi connectivity index (χ2v) is 4.58. The van der Waals surface area contributed by atoms with E-state index in [1.54, 1.807) is 0 Å². The van der Waals surface area contributed by atoms with E-state index >= 15 is 0 Å². The molecule has 1 aliphatic rings. The lowest BCUT2D eigenvalue weighted by Gasteiger charge is -2.25. The van der Waals surface area contributed by atoms with Gasteiger partial charge in [0.2, 0.25) is 11.8 Å². The summed E-state index contributed by atoms with van der Waals surface area (Å²) in [6.07, 6.45) is 3.76. The number of nitrogens with zero attached hydrogens (tertiary/aromatic N) is 2. The number of nitrogen functional groups attached to an aromatic ring is 1. The van der Waals surface area contributed by atoms with Gasteiger partial charge in [-0.15, -0.1) is 0 Å². The lowest BCUT2D eigenvalue weighted by Crippen LogP contribution is -2.16. The van der Waals surface area contributed by atoms with E-state index in [0.717, 1.165) is 31.0 Å². The Morgan fingerprint density at radius 3 is 3.05 bits per heavy atom. The number of hydrogen-bond acceptors (Lipinski definition) is 4. The number of aryl methyl sites for hydroxylation is 1. The topological polar surface area (TPSA) is 61.0 Å². The molecule has 2 aromatic rings. The fourth-order valence-corrected chi connectivity index (χ4v) is 2.41. The van der Waals surface area contributed by atoms with Crippen LogP contribution in [0.15, 0.2) is 30.5 Å². The molecule has 0 saturated carbocycles. The first-order valence-corrected chi connectivity index (χ1v) is 6.26. The van der Waals surface area contributed by atoms with Crippen molar-refractivity contribution in [2.45, 2.75) is 25.4 Å². The average Bonchev–Trinajstić information content (AvgIpc) is 2.43. The predicted octanol–water partition coefficient (Wildman–Crippen LogP) is 2.65. The Morgan fingerprint density at radius 1 is 1.32 bits per heavy atom. The Bertz CT molecular complexity index is 603. The molecular weight excluding hydrogens is 245 g/mol. The van der Waals surface area contributed by atoms with Crippen LogP contribution < -0.4 is 10.5 Å². The molecule has 0 saturated heterocycles. The highest BCUT2D eigenvalue weighted by Crippen LogP contribution is 2.33. The smallest absolute Gasteiger partial charge is 0.255 e. The zero-order valence-electron chi connectivity index (χ0n) is 10.3. The van der Waals surface area contributed by atoms with Crippen LogP contribution in [-0.4, -0.2) is 9.97 Å². The van der Waals surface area contributed by atoms with Crippen molar-refractivity contribution in [1.29, 1.82) is 0 Å². The lowest BCUT2D eigenvalue weighted by molar-refractivity contribution is 0.167. The van der Waals surface area contributed by atoms with Gasteiger partial charge in [-0.1, -0.05) is 24.3 Å². The molecule has 98 valence electrons. The number of rotatable bonds is 2. The van der Waals surface area contributed by atoms with E-state index in [0.29, 0.717) is 0 Å². The molecule has 0 fully saturated rings. The van der Waals surface area contributed by atoms with E-state index in [1.165, 1.54) is 5.56 Å². The highest BCUT2D eigenvalue weighted by Gasteiger charge is 2.23. The number of anilines is 1. The van der Waals surface area contributed by atoms with Crippen molar-refractivity contribution in [1.82, 2.24) is 9.97 Å². The van der Waals surface area contributed by atoms with E-state index < -0.39 is 5.82 Å². The number of ether oxygens (including phenoxy) is 1. The van der Waals surface area contributed by atoms with Gasteiger partial charge in [-0.3, -0.25) is 0 Å². The molecule has 5 heteroatoms. The Kier molecular flexibility index (Phi) is 3.03. The molecule has 1 unspecified atom stereocenters. The van der Waals surface area contributed by atoms with Crippen molar-refractivity contribution < 1.29 is 9.13 Å². The quantitative estimate of drug-likeness (QED) is 0.900. The monoisotopic (exact) mass is 259 g/mol. The molecule has 0 bridgehead atoms. The third-order valence-corrected chi connectivity index (χ3v) is 3.30. The van der Waals surface area contributed by atoms with E-state index in [1.807, 2.05) is 18.2 Å². The van der Waals surface area contributed by atoms with Crippen LogP contribution in [0.25, 0.3) is 0 Å². The molecule has 0 amide bonds. The summed E-state index contributed by atoms with van der Waals surface area (Å²) in [5, 5.41) is 0. The van der Waals surface area contributed by atoms with E-state index in [2.05, 4.69) is 16.0 Å². The molecule has 1 aliphatic carbocycles. The summed E-state index contributed by atoms with van der Waals surface area (Å²) in [5.74, 6) is -0.646. The van der Waals surface area contributed by atoms with Crippen molar-refractivity contribution in [3.8, 4) is 5.88 Å². The molecule has 1 heterocycles. The first-order valence-electron chi connectivity index (χ1n) is 6.26. The molecular formula is C14H14FN3O. The first-order chi connectivity index (χ1) is 9.24. The summed E-state index contributed by atoms with van der Waals surface area (Å²) in [6, 6.07) is 8.06. The van der Waals surface area contributed by atoms with Gasteiger partial charge in [0.1, 0.15) is 6.10 Å². The number of nitrogens with two attached hydrogens (primary N) is 1. The van der Waals surface area contributed by atoms with Gasteiger partial charge in [-0.25, -0.2) is 4.98 Å². The number of benzene rings is 1. The number of fused-ring (bicyclic) bond motifs is 1. The van der Waals surface area contributed by atoms with Gasteiger partial charge in [0.05, 0.1) is 6.20 Å². The van der Waals surface area contributed by atoms with Gasteiger partial charge in [0, 0.05) is 0 Å². The van der Waals surface area contributed by atoms with Crippen LogP contribution in [0.4, 0.5) is 10.3 Å². The van der Waals surface area contributed by atoms with Gasteiger partial charge in [-0.2, -0.15) is 9.37 Å².